The Kier molecular flexibility index (Phi) is 5.87. The van der Waals surface area contributed by atoms with Gasteiger partial charge in [-0.1, -0.05) is 50.2 Å². The monoisotopic (exact) mass is 417 g/mol. The van der Waals surface area contributed by atoms with Crippen LogP contribution in [0.25, 0.3) is 0 Å². The van der Waals surface area contributed by atoms with Crippen LogP contribution in [0.5, 0.6) is 0 Å². The topological polar surface area (TPSA) is 70.2 Å². The second-order valence-electron chi connectivity index (χ2n) is 7.39. The van der Waals surface area contributed by atoms with Gasteiger partial charge in [-0.15, -0.1) is 0 Å². The number of para-hydroxylation sites is 1. The van der Waals surface area contributed by atoms with Crippen molar-refractivity contribution in [3.8, 4) is 0 Å². The zero-order valence-electron chi connectivity index (χ0n) is 16.7. The summed E-state index contributed by atoms with van der Waals surface area (Å²) in [6.07, 6.45) is -4.61. The SMILES string of the molecule is CC1=C(C(=O)Nc2ccccc2C(F)(F)F)[C@H](c2ccc(C(C)C)cc2)NC(=O)N1. The Morgan fingerprint density at radius 1 is 1.07 bits per heavy atom. The Labute approximate surface area is 172 Å². The van der Waals surface area contributed by atoms with E-state index in [-0.39, 0.29) is 17.0 Å². The molecule has 0 saturated carbocycles. The van der Waals surface area contributed by atoms with Crippen LogP contribution in [0.15, 0.2) is 59.8 Å². The van der Waals surface area contributed by atoms with Crippen molar-refractivity contribution >= 4 is 17.6 Å². The molecule has 0 radical (unpaired) electrons. The molecular formula is C22H22F3N3O2. The van der Waals surface area contributed by atoms with Gasteiger partial charge >= 0.3 is 12.2 Å². The minimum Gasteiger partial charge on any atom is -0.327 e. The maximum atomic E-state index is 13.3. The van der Waals surface area contributed by atoms with E-state index >= 15 is 0 Å². The van der Waals surface area contributed by atoms with Crippen LogP contribution in [-0.4, -0.2) is 11.9 Å². The zero-order chi connectivity index (χ0) is 22.1. The van der Waals surface area contributed by atoms with Gasteiger partial charge in [0, 0.05) is 5.70 Å². The molecule has 3 amide bonds. The molecule has 0 bridgehead atoms. The molecule has 2 aromatic rings. The van der Waals surface area contributed by atoms with Crippen molar-refractivity contribution in [2.75, 3.05) is 5.32 Å². The van der Waals surface area contributed by atoms with Crippen LogP contribution in [0.3, 0.4) is 0 Å². The molecule has 1 aliphatic heterocycles. The first-order valence-electron chi connectivity index (χ1n) is 9.43. The van der Waals surface area contributed by atoms with Crippen molar-refractivity contribution in [1.29, 1.82) is 0 Å². The normalized spacial score (nSPS) is 16.9. The fourth-order valence-electron chi connectivity index (χ4n) is 3.35. The van der Waals surface area contributed by atoms with Crippen LogP contribution in [0.1, 0.15) is 49.4 Å². The Morgan fingerprint density at radius 2 is 1.70 bits per heavy atom. The highest BCUT2D eigenvalue weighted by Gasteiger charge is 2.35. The predicted octanol–water partition coefficient (Wildman–Crippen LogP) is 5.10. The van der Waals surface area contributed by atoms with Crippen LogP contribution < -0.4 is 16.0 Å². The minimum absolute atomic E-state index is 0.142. The summed E-state index contributed by atoms with van der Waals surface area (Å²) in [6.45, 7) is 5.63. The molecule has 0 unspecified atom stereocenters. The Hall–Kier alpha value is -3.29. The van der Waals surface area contributed by atoms with Crippen molar-refractivity contribution in [1.82, 2.24) is 10.6 Å². The predicted molar refractivity (Wildman–Crippen MR) is 108 cm³/mol. The highest BCUT2D eigenvalue weighted by atomic mass is 19.4. The number of anilines is 1. The average molecular weight is 417 g/mol. The number of rotatable bonds is 4. The molecule has 0 saturated heterocycles. The fourth-order valence-corrected chi connectivity index (χ4v) is 3.35. The molecule has 158 valence electrons. The largest absolute Gasteiger partial charge is 0.418 e. The average Bonchev–Trinajstić information content (AvgIpc) is 2.67. The van der Waals surface area contributed by atoms with E-state index in [2.05, 4.69) is 16.0 Å². The number of alkyl halides is 3. The molecule has 8 heteroatoms. The van der Waals surface area contributed by atoms with Gasteiger partial charge < -0.3 is 16.0 Å². The van der Waals surface area contributed by atoms with Crippen LogP contribution in [0.2, 0.25) is 0 Å². The number of carbonyl (C=O) groups excluding carboxylic acids is 2. The molecule has 5 nitrogen and oxygen atoms in total. The number of hydrogen-bond acceptors (Lipinski definition) is 2. The minimum atomic E-state index is -4.61. The van der Waals surface area contributed by atoms with Gasteiger partial charge in [0.25, 0.3) is 5.91 Å². The van der Waals surface area contributed by atoms with Crippen LogP contribution >= 0.6 is 0 Å². The second-order valence-corrected chi connectivity index (χ2v) is 7.39. The second kappa shape index (κ2) is 8.22. The standard InChI is InChI=1S/C22H22F3N3O2/c1-12(2)14-8-10-15(11-9-14)19-18(13(3)26-21(30)28-19)20(29)27-17-7-5-4-6-16(17)22(23,24)25/h4-12,19H,1-3H3,(H,27,29)(H2,26,28,30)/t19-/m0/s1. The van der Waals surface area contributed by atoms with Gasteiger partial charge in [-0.25, -0.2) is 4.79 Å². The Balaban J connectivity index is 1.96. The van der Waals surface area contributed by atoms with E-state index in [9.17, 15) is 22.8 Å². The van der Waals surface area contributed by atoms with Gasteiger partial charge in [-0.3, -0.25) is 4.79 Å². The fraction of sp³-hybridized carbons (Fsp3) is 0.273. The van der Waals surface area contributed by atoms with Crippen molar-refractivity contribution < 1.29 is 22.8 Å². The molecule has 0 aromatic heterocycles. The Bertz CT molecular complexity index is 995. The number of allylic oxidation sites excluding steroid dienone is 1. The number of urea groups is 1. The van der Waals surface area contributed by atoms with E-state index in [1.54, 1.807) is 19.1 Å². The van der Waals surface area contributed by atoms with E-state index in [0.717, 1.165) is 11.6 Å². The lowest BCUT2D eigenvalue weighted by atomic mass is 9.92. The summed E-state index contributed by atoms with van der Waals surface area (Å²) in [5.74, 6) is -0.421. The number of carbonyl (C=O) groups is 2. The summed E-state index contributed by atoms with van der Waals surface area (Å²) in [7, 11) is 0. The van der Waals surface area contributed by atoms with E-state index in [1.807, 2.05) is 26.0 Å². The van der Waals surface area contributed by atoms with Crippen LogP contribution in [-0.2, 0) is 11.0 Å². The summed E-state index contributed by atoms with van der Waals surface area (Å²) in [5.41, 5.74) is 0.874. The van der Waals surface area contributed by atoms with Gasteiger partial charge in [-0.05, 0) is 36.1 Å². The van der Waals surface area contributed by atoms with Crippen LogP contribution in [0.4, 0.5) is 23.7 Å². The molecule has 0 fully saturated rings. The van der Waals surface area contributed by atoms with Gasteiger partial charge in [0.05, 0.1) is 22.9 Å². The number of halogens is 3. The molecular weight excluding hydrogens is 395 g/mol. The third-order valence-electron chi connectivity index (χ3n) is 4.93. The van der Waals surface area contributed by atoms with E-state index in [4.69, 9.17) is 0 Å². The summed E-state index contributed by atoms with van der Waals surface area (Å²) in [6, 6.07) is 10.9. The third-order valence-corrected chi connectivity index (χ3v) is 4.93. The number of amides is 3. The van der Waals surface area contributed by atoms with E-state index in [0.29, 0.717) is 11.5 Å². The quantitative estimate of drug-likeness (QED) is 0.648. The lowest BCUT2D eigenvalue weighted by Crippen LogP contribution is -2.46. The summed E-state index contributed by atoms with van der Waals surface area (Å²) in [4.78, 5) is 25.0. The van der Waals surface area contributed by atoms with Gasteiger partial charge in [0.15, 0.2) is 0 Å². The van der Waals surface area contributed by atoms with E-state index < -0.39 is 29.7 Å². The summed E-state index contributed by atoms with van der Waals surface area (Å²) in [5, 5.41) is 7.55. The van der Waals surface area contributed by atoms with Crippen molar-refractivity contribution in [2.24, 2.45) is 0 Å². The third kappa shape index (κ3) is 4.48. The first-order valence-corrected chi connectivity index (χ1v) is 9.43. The molecule has 30 heavy (non-hydrogen) atoms. The van der Waals surface area contributed by atoms with E-state index in [1.165, 1.54) is 18.2 Å². The number of benzene rings is 2. The van der Waals surface area contributed by atoms with Gasteiger partial charge in [0.1, 0.15) is 0 Å². The van der Waals surface area contributed by atoms with Crippen molar-refractivity contribution in [2.45, 2.75) is 38.9 Å². The molecule has 0 spiro atoms. The molecule has 1 heterocycles. The number of hydrogen-bond donors (Lipinski definition) is 3. The maximum absolute atomic E-state index is 13.3. The van der Waals surface area contributed by atoms with Gasteiger partial charge in [-0.2, -0.15) is 13.2 Å². The number of nitrogens with one attached hydrogen (secondary N) is 3. The van der Waals surface area contributed by atoms with Crippen LogP contribution in [0, 0.1) is 0 Å². The molecule has 3 rings (SSSR count). The lowest BCUT2D eigenvalue weighted by Gasteiger charge is -2.29. The molecule has 3 N–H and O–H groups in total. The maximum Gasteiger partial charge on any atom is 0.418 e. The molecule has 1 aliphatic rings. The zero-order valence-corrected chi connectivity index (χ0v) is 16.7. The van der Waals surface area contributed by atoms with Crippen molar-refractivity contribution in [3.05, 3.63) is 76.5 Å². The molecule has 0 aliphatic carbocycles. The highest BCUT2D eigenvalue weighted by molar-refractivity contribution is 6.07. The smallest absolute Gasteiger partial charge is 0.327 e. The Morgan fingerprint density at radius 3 is 2.30 bits per heavy atom. The van der Waals surface area contributed by atoms with Crippen molar-refractivity contribution in [3.63, 3.8) is 0 Å². The first-order chi connectivity index (χ1) is 14.1. The molecule has 1 atom stereocenters. The van der Waals surface area contributed by atoms with Gasteiger partial charge in [0.2, 0.25) is 0 Å². The summed E-state index contributed by atoms with van der Waals surface area (Å²) < 4.78 is 39.8. The molecule has 2 aromatic carbocycles. The summed E-state index contributed by atoms with van der Waals surface area (Å²) >= 11 is 0. The highest BCUT2D eigenvalue weighted by Crippen LogP contribution is 2.35. The lowest BCUT2D eigenvalue weighted by molar-refractivity contribution is -0.137. The first kappa shape index (κ1) is 21.4.